The van der Waals surface area contributed by atoms with Crippen LogP contribution in [0.1, 0.15) is 12.8 Å². The molecule has 2 aromatic rings. The number of nitrogens with zero attached hydrogens (tertiary/aromatic N) is 4. The third-order valence-corrected chi connectivity index (χ3v) is 7.06. The topological polar surface area (TPSA) is 66.4 Å². The molecule has 1 aliphatic heterocycles. The minimum atomic E-state index is -3.12. The molecule has 4 rings (SSSR count). The summed E-state index contributed by atoms with van der Waals surface area (Å²) in [6.07, 6.45) is 3.04. The molecule has 1 aliphatic carbocycles. The largest absolute Gasteiger partial charge is 0.355 e. The zero-order chi connectivity index (χ0) is 16.9. The molecule has 0 amide bonds. The first-order valence-electron chi connectivity index (χ1n) is 8.05. The normalized spacial score (nSPS) is 19.0. The predicted octanol–water partition coefficient (Wildman–Crippen LogP) is 1.63. The molecule has 0 N–H and O–H groups in total. The van der Waals surface area contributed by atoms with Crippen LogP contribution in [0.15, 0.2) is 24.5 Å². The van der Waals surface area contributed by atoms with Crippen molar-refractivity contribution in [3.8, 4) is 0 Å². The van der Waals surface area contributed by atoms with E-state index < -0.39 is 10.0 Å². The van der Waals surface area contributed by atoms with E-state index in [0.717, 1.165) is 12.8 Å². The van der Waals surface area contributed by atoms with Gasteiger partial charge in [-0.25, -0.2) is 27.1 Å². The number of halogens is 1. The molecule has 0 radical (unpaired) electrons. The molecule has 0 atom stereocenters. The van der Waals surface area contributed by atoms with Gasteiger partial charge in [-0.3, -0.25) is 0 Å². The lowest BCUT2D eigenvalue weighted by molar-refractivity contribution is 0.326. The van der Waals surface area contributed by atoms with Crippen LogP contribution in [0, 0.1) is 11.7 Å². The van der Waals surface area contributed by atoms with Crippen LogP contribution in [0.3, 0.4) is 0 Å². The van der Waals surface area contributed by atoms with Gasteiger partial charge in [0, 0.05) is 38.0 Å². The van der Waals surface area contributed by atoms with Crippen molar-refractivity contribution >= 4 is 26.7 Å². The second kappa shape index (κ2) is 5.63. The summed E-state index contributed by atoms with van der Waals surface area (Å²) in [5.74, 6) is 0.663. The Hall–Kier alpha value is -1.80. The average Bonchev–Trinajstić information content (AvgIpc) is 3.35. The Labute approximate surface area is 140 Å². The SMILES string of the molecule is CN(CC1CN(c2ncnc3ccc(F)cc23)C1)S(=O)(=O)C1CC1. The van der Waals surface area contributed by atoms with Crippen molar-refractivity contribution in [1.29, 1.82) is 0 Å². The quantitative estimate of drug-likeness (QED) is 0.820. The number of aromatic nitrogens is 2. The fraction of sp³-hybridized carbons (Fsp3) is 0.500. The highest BCUT2D eigenvalue weighted by molar-refractivity contribution is 7.90. The highest BCUT2D eigenvalue weighted by Crippen LogP contribution is 2.33. The van der Waals surface area contributed by atoms with Gasteiger partial charge in [-0.1, -0.05) is 0 Å². The molecule has 128 valence electrons. The van der Waals surface area contributed by atoms with Crippen LogP contribution >= 0.6 is 0 Å². The molecule has 1 aromatic carbocycles. The molecule has 0 spiro atoms. The van der Waals surface area contributed by atoms with Gasteiger partial charge in [0.25, 0.3) is 0 Å². The lowest BCUT2D eigenvalue weighted by Gasteiger charge is -2.41. The Balaban J connectivity index is 1.45. The average molecular weight is 350 g/mol. The number of hydrogen-bond acceptors (Lipinski definition) is 5. The van der Waals surface area contributed by atoms with Gasteiger partial charge >= 0.3 is 0 Å². The molecule has 2 aliphatic rings. The third kappa shape index (κ3) is 2.73. The second-order valence-corrected chi connectivity index (χ2v) is 8.97. The molecule has 2 heterocycles. The van der Waals surface area contributed by atoms with Crippen molar-refractivity contribution < 1.29 is 12.8 Å². The number of hydrogen-bond donors (Lipinski definition) is 0. The van der Waals surface area contributed by atoms with Crippen molar-refractivity contribution in [2.45, 2.75) is 18.1 Å². The van der Waals surface area contributed by atoms with Gasteiger partial charge in [0.1, 0.15) is 18.0 Å². The Morgan fingerprint density at radius 2 is 2.04 bits per heavy atom. The highest BCUT2D eigenvalue weighted by atomic mass is 32.2. The molecular weight excluding hydrogens is 331 g/mol. The summed E-state index contributed by atoms with van der Waals surface area (Å²) in [6, 6.07) is 4.47. The van der Waals surface area contributed by atoms with Gasteiger partial charge in [-0.2, -0.15) is 0 Å². The van der Waals surface area contributed by atoms with Crippen LogP contribution in [0.2, 0.25) is 0 Å². The molecule has 8 heteroatoms. The van der Waals surface area contributed by atoms with Crippen molar-refractivity contribution in [2.75, 3.05) is 31.6 Å². The van der Waals surface area contributed by atoms with E-state index in [4.69, 9.17) is 0 Å². The molecule has 6 nitrogen and oxygen atoms in total. The van der Waals surface area contributed by atoms with E-state index >= 15 is 0 Å². The molecule has 24 heavy (non-hydrogen) atoms. The van der Waals surface area contributed by atoms with E-state index in [1.54, 1.807) is 13.1 Å². The first-order chi connectivity index (χ1) is 11.4. The van der Waals surface area contributed by atoms with E-state index in [-0.39, 0.29) is 17.0 Å². The van der Waals surface area contributed by atoms with Crippen molar-refractivity contribution in [3.63, 3.8) is 0 Å². The Bertz CT molecular complexity index is 879. The Morgan fingerprint density at radius 1 is 1.29 bits per heavy atom. The van der Waals surface area contributed by atoms with E-state index in [9.17, 15) is 12.8 Å². The van der Waals surface area contributed by atoms with Crippen LogP contribution in [0.5, 0.6) is 0 Å². The van der Waals surface area contributed by atoms with Gasteiger partial charge in [-0.05, 0) is 31.0 Å². The van der Waals surface area contributed by atoms with Crippen LogP contribution in [0.4, 0.5) is 10.2 Å². The summed E-state index contributed by atoms with van der Waals surface area (Å²) in [6.45, 7) is 1.95. The van der Waals surface area contributed by atoms with Crippen molar-refractivity contribution in [1.82, 2.24) is 14.3 Å². The number of fused-ring (bicyclic) bond motifs is 1. The zero-order valence-corrected chi connectivity index (χ0v) is 14.2. The number of sulfonamides is 1. The maximum Gasteiger partial charge on any atom is 0.216 e. The van der Waals surface area contributed by atoms with Crippen LogP contribution in [-0.2, 0) is 10.0 Å². The molecule has 0 bridgehead atoms. The summed E-state index contributed by atoms with van der Waals surface area (Å²) in [5, 5.41) is 0.516. The third-order valence-electron chi connectivity index (χ3n) is 4.73. The molecular formula is C16H19FN4O2S. The Morgan fingerprint density at radius 3 is 2.75 bits per heavy atom. The number of anilines is 1. The summed E-state index contributed by atoms with van der Waals surface area (Å²) >= 11 is 0. The summed E-state index contributed by atoms with van der Waals surface area (Å²) in [4.78, 5) is 10.5. The standard InChI is InChI=1S/C16H19FN4O2S/c1-20(24(22,23)13-3-4-13)7-11-8-21(9-11)16-14-6-12(17)2-5-15(14)18-10-19-16/h2,5-6,10-11,13H,3-4,7-9H2,1H3. The maximum atomic E-state index is 13.5. The summed E-state index contributed by atoms with van der Waals surface area (Å²) in [5.41, 5.74) is 0.707. The molecule has 1 aromatic heterocycles. The fourth-order valence-electron chi connectivity index (χ4n) is 3.21. The first kappa shape index (κ1) is 15.7. The van der Waals surface area contributed by atoms with Crippen LogP contribution in [-0.4, -0.2) is 54.6 Å². The predicted molar refractivity (Wildman–Crippen MR) is 89.8 cm³/mol. The smallest absolute Gasteiger partial charge is 0.216 e. The highest BCUT2D eigenvalue weighted by Gasteiger charge is 2.40. The lowest BCUT2D eigenvalue weighted by atomic mass is 9.99. The van der Waals surface area contributed by atoms with Gasteiger partial charge < -0.3 is 4.90 Å². The molecule has 0 unspecified atom stereocenters. The number of rotatable bonds is 5. The van der Waals surface area contributed by atoms with Gasteiger partial charge in [0.05, 0.1) is 10.8 Å². The van der Waals surface area contributed by atoms with Crippen molar-refractivity contribution in [2.24, 2.45) is 5.92 Å². The van der Waals surface area contributed by atoms with Crippen LogP contribution < -0.4 is 4.90 Å². The van der Waals surface area contributed by atoms with Gasteiger partial charge in [0.15, 0.2) is 0 Å². The minimum absolute atomic E-state index is 0.174. The van der Waals surface area contributed by atoms with E-state index in [0.29, 0.717) is 36.4 Å². The molecule has 2 fully saturated rings. The number of benzene rings is 1. The summed E-state index contributed by atoms with van der Waals surface area (Å²) < 4.78 is 39.4. The summed E-state index contributed by atoms with van der Waals surface area (Å²) in [7, 11) is -1.46. The first-order valence-corrected chi connectivity index (χ1v) is 9.56. The van der Waals surface area contributed by atoms with Gasteiger partial charge in [-0.15, -0.1) is 0 Å². The monoisotopic (exact) mass is 350 g/mol. The van der Waals surface area contributed by atoms with Crippen molar-refractivity contribution in [3.05, 3.63) is 30.3 Å². The van der Waals surface area contributed by atoms with Crippen LogP contribution in [0.25, 0.3) is 10.9 Å². The van der Waals surface area contributed by atoms with E-state index in [1.165, 1.54) is 22.8 Å². The fourth-order valence-corrected chi connectivity index (χ4v) is 4.87. The minimum Gasteiger partial charge on any atom is -0.355 e. The molecule has 1 saturated carbocycles. The lowest BCUT2D eigenvalue weighted by Crippen LogP contribution is -2.52. The molecule has 1 saturated heterocycles. The Kier molecular flexibility index (Phi) is 3.69. The second-order valence-electron chi connectivity index (χ2n) is 6.65. The maximum absolute atomic E-state index is 13.5. The van der Waals surface area contributed by atoms with Gasteiger partial charge in [0.2, 0.25) is 10.0 Å². The van der Waals surface area contributed by atoms with E-state index in [2.05, 4.69) is 9.97 Å². The van der Waals surface area contributed by atoms with E-state index in [1.807, 2.05) is 4.90 Å². The zero-order valence-electron chi connectivity index (χ0n) is 13.4.